The summed E-state index contributed by atoms with van der Waals surface area (Å²) in [5.74, 6) is 0.0931. The molecule has 0 bridgehead atoms. The number of alkyl halides is 3. The first-order chi connectivity index (χ1) is 21.7. The van der Waals surface area contributed by atoms with Crippen molar-refractivity contribution >= 4 is 21.8 Å². The predicted octanol–water partition coefficient (Wildman–Crippen LogP) is 4.66. The zero-order valence-electron chi connectivity index (χ0n) is 25.8. The Morgan fingerprint density at radius 3 is 2.41 bits per heavy atom. The molecule has 2 aliphatic rings. The lowest BCUT2D eigenvalue weighted by atomic mass is 9.88. The van der Waals surface area contributed by atoms with Gasteiger partial charge >= 0.3 is 6.18 Å². The minimum absolute atomic E-state index is 0.0600. The van der Waals surface area contributed by atoms with Crippen LogP contribution in [0, 0.1) is 13.8 Å². The largest absolute Gasteiger partial charge is 0.487 e. The first-order valence-corrected chi connectivity index (χ1v) is 15.5. The molecule has 4 heterocycles. The highest BCUT2D eigenvalue weighted by Crippen LogP contribution is 2.36. The lowest BCUT2D eigenvalue weighted by molar-refractivity contribution is -0.138. The highest BCUT2D eigenvalue weighted by atomic mass is 79.9. The van der Waals surface area contributed by atoms with Crippen molar-refractivity contribution in [2.45, 2.75) is 70.9 Å². The van der Waals surface area contributed by atoms with Gasteiger partial charge in [0, 0.05) is 33.4 Å². The first kappa shape index (κ1) is 31.9. The van der Waals surface area contributed by atoms with Gasteiger partial charge in [-0.2, -0.15) is 18.3 Å². The molecule has 0 N–H and O–H groups in total. The Morgan fingerprint density at radius 1 is 1.11 bits per heavy atom. The van der Waals surface area contributed by atoms with Gasteiger partial charge in [0.15, 0.2) is 5.75 Å². The number of benzene rings is 1. The normalized spacial score (nSPS) is 19.6. The highest BCUT2D eigenvalue weighted by Gasteiger charge is 2.37. The minimum Gasteiger partial charge on any atom is -0.487 e. The number of hydrogen-bond acceptors (Lipinski definition) is 8. The van der Waals surface area contributed by atoms with E-state index in [0.717, 1.165) is 18.9 Å². The number of rotatable bonds is 6. The van der Waals surface area contributed by atoms with Gasteiger partial charge in [-0.3, -0.25) is 9.59 Å². The Hall–Kier alpha value is -4.11. The molecule has 0 saturated heterocycles. The summed E-state index contributed by atoms with van der Waals surface area (Å²) in [4.78, 5) is 45.0. The number of nitrogens with zero attached hydrogens (tertiary/aromatic N) is 8. The monoisotopic (exact) mass is 700 g/mol. The van der Waals surface area contributed by atoms with Crippen molar-refractivity contribution in [3.8, 4) is 17.6 Å². The Balaban J connectivity index is 1.36. The highest BCUT2D eigenvalue weighted by molar-refractivity contribution is 9.10. The van der Waals surface area contributed by atoms with Gasteiger partial charge < -0.3 is 14.5 Å². The second-order valence-corrected chi connectivity index (χ2v) is 12.9. The van der Waals surface area contributed by atoms with E-state index in [-0.39, 0.29) is 41.0 Å². The van der Waals surface area contributed by atoms with Crippen LogP contribution in [0.1, 0.15) is 58.3 Å². The molecule has 0 spiro atoms. The summed E-state index contributed by atoms with van der Waals surface area (Å²) in [5.41, 5.74) is 0.593. The maximum atomic E-state index is 14.2. The number of fused-ring (bicyclic) bond motifs is 1. The van der Waals surface area contributed by atoms with Gasteiger partial charge in [0.1, 0.15) is 6.10 Å². The van der Waals surface area contributed by atoms with Crippen molar-refractivity contribution in [3.63, 3.8) is 0 Å². The van der Waals surface area contributed by atoms with Crippen LogP contribution in [0.3, 0.4) is 0 Å². The smallest absolute Gasteiger partial charge is 0.417 e. The molecule has 1 aliphatic carbocycles. The van der Waals surface area contributed by atoms with Crippen molar-refractivity contribution in [1.29, 1.82) is 0 Å². The van der Waals surface area contributed by atoms with Crippen LogP contribution < -0.4 is 10.3 Å². The van der Waals surface area contributed by atoms with Crippen LogP contribution in [0.5, 0.6) is 5.75 Å². The van der Waals surface area contributed by atoms with E-state index in [4.69, 9.17) is 9.72 Å². The van der Waals surface area contributed by atoms with Crippen LogP contribution in [0.15, 0.2) is 45.9 Å². The fraction of sp³-hybridized carbons (Fsp3) is 0.419. The molecule has 1 atom stereocenters. The number of carbonyl (C=O) groups excluding carboxylic acids is 1. The van der Waals surface area contributed by atoms with Crippen molar-refractivity contribution in [3.05, 3.63) is 85.3 Å². The van der Waals surface area contributed by atoms with Gasteiger partial charge in [0.25, 0.3) is 11.5 Å². The maximum Gasteiger partial charge on any atom is 0.417 e. The van der Waals surface area contributed by atoms with E-state index in [2.05, 4.69) is 35.9 Å². The molecular weight excluding hydrogens is 669 g/mol. The molecule has 46 heavy (non-hydrogen) atoms. The number of ether oxygens (including phenoxy) is 1. The predicted molar refractivity (Wildman–Crippen MR) is 165 cm³/mol. The van der Waals surface area contributed by atoms with Crippen molar-refractivity contribution in [1.82, 2.24) is 39.1 Å². The van der Waals surface area contributed by atoms with E-state index in [9.17, 15) is 22.8 Å². The molecule has 15 heteroatoms. The number of aryl methyl sites for hydroxylation is 2. The summed E-state index contributed by atoms with van der Waals surface area (Å²) in [6.07, 6.45) is 0.391. The quantitative estimate of drug-likeness (QED) is 0.286. The molecule has 4 aromatic rings. The van der Waals surface area contributed by atoms with Crippen molar-refractivity contribution in [2.24, 2.45) is 0 Å². The van der Waals surface area contributed by atoms with Crippen LogP contribution in [-0.2, 0) is 19.1 Å². The standard InChI is InChI=1S/C31H32BrF3N8O3/c1-16-8-18(3)43(39-16)30-38-26-15-41(27(44)19-6-7-25(32)24(10-19)31(33,34)35)17(2)9-23(26)28(45)42(30)29-36-13-22(14-37-29)46-21-11-20(12-21)40(4)5/h6-8,10,13-14,17,20-21H,9,11-12,15H2,1-5H3/t17-,20-,21-/m1/s1. The summed E-state index contributed by atoms with van der Waals surface area (Å²) in [5, 5.41) is 4.53. The third kappa shape index (κ3) is 5.93. The van der Waals surface area contributed by atoms with Gasteiger partial charge in [-0.05, 0) is 78.4 Å². The molecule has 3 aromatic heterocycles. The van der Waals surface area contributed by atoms with E-state index in [1.165, 1.54) is 38.7 Å². The zero-order valence-corrected chi connectivity index (χ0v) is 27.4. The minimum atomic E-state index is -4.64. The fourth-order valence-corrected chi connectivity index (χ4v) is 6.32. The summed E-state index contributed by atoms with van der Waals surface area (Å²) < 4.78 is 49.4. The van der Waals surface area contributed by atoms with E-state index in [1.54, 1.807) is 6.92 Å². The number of aromatic nitrogens is 6. The van der Waals surface area contributed by atoms with Crippen LogP contribution in [0.4, 0.5) is 13.2 Å². The Labute approximate surface area is 271 Å². The Kier molecular flexibility index (Phi) is 8.25. The van der Waals surface area contributed by atoms with Crippen LogP contribution >= 0.6 is 15.9 Å². The molecule has 0 unspecified atom stereocenters. The van der Waals surface area contributed by atoms with Crippen LogP contribution in [-0.4, -0.2) is 77.3 Å². The number of carbonyl (C=O) groups is 1. The fourth-order valence-electron chi connectivity index (χ4n) is 5.85. The lowest BCUT2D eigenvalue weighted by Crippen LogP contribution is -2.46. The third-order valence-electron chi connectivity index (χ3n) is 8.49. The summed E-state index contributed by atoms with van der Waals surface area (Å²) in [6.45, 7) is 5.28. The number of hydrogen-bond donors (Lipinski definition) is 0. The SMILES string of the molecule is Cc1cc(C)n(-c2nc3c(c(=O)n2-c2ncc(O[C@H]4C[C@H](N(C)C)C4)cn2)C[C@@H](C)N(C(=O)c2ccc(Br)c(C(F)(F)F)c2)C3)n1. The second kappa shape index (κ2) is 11.9. The first-order valence-electron chi connectivity index (χ1n) is 14.7. The van der Waals surface area contributed by atoms with Crippen LogP contribution in [0.2, 0.25) is 0 Å². The summed E-state index contributed by atoms with van der Waals surface area (Å²) in [7, 11) is 4.07. The average Bonchev–Trinajstić information content (AvgIpc) is 3.31. The summed E-state index contributed by atoms with van der Waals surface area (Å²) >= 11 is 2.92. The molecule has 1 fully saturated rings. The Bertz CT molecular complexity index is 1870. The molecule has 1 amide bonds. The molecule has 1 aromatic carbocycles. The molecule has 1 aliphatic heterocycles. The number of amides is 1. The van der Waals surface area contributed by atoms with Gasteiger partial charge in [-0.1, -0.05) is 15.9 Å². The van der Waals surface area contributed by atoms with Crippen molar-refractivity contribution < 1.29 is 22.7 Å². The lowest BCUT2D eigenvalue weighted by Gasteiger charge is -2.39. The van der Waals surface area contributed by atoms with E-state index < -0.39 is 29.2 Å². The maximum absolute atomic E-state index is 14.2. The van der Waals surface area contributed by atoms with E-state index in [0.29, 0.717) is 34.4 Å². The molecule has 1 saturated carbocycles. The van der Waals surface area contributed by atoms with Gasteiger partial charge in [-0.25, -0.2) is 24.2 Å². The molecule has 11 nitrogen and oxygen atoms in total. The molecule has 0 radical (unpaired) electrons. The Morgan fingerprint density at radius 2 is 1.80 bits per heavy atom. The van der Waals surface area contributed by atoms with E-state index >= 15 is 0 Å². The third-order valence-corrected chi connectivity index (χ3v) is 9.18. The van der Waals surface area contributed by atoms with Crippen molar-refractivity contribution in [2.75, 3.05) is 14.1 Å². The zero-order chi connectivity index (χ0) is 33.1. The molecule has 6 rings (SSSR count). The topological polar surface area (TPSA) is 111 Å². The van der Waals surface area contributed by atoms with Crippen LogP contribution in [0.25, 0.3) is 11.9 Å². The van der Waals surface area contributed by atoms with E-state index in [1.807, 2.05) is 34.0 Å². The van der Waals surface area contributed by atoms with Gasteiger partial charge in [-0.15, -0.1) is 0 Å². The summed E-state index contributed by atoms with van der Waals surface area (Å²) in [6, 6.07) is 5.17. The van der Waals surface area contributed by atoms with Gasteiger partial charge in [0.2, 0.25) is 11.9 Å². The molecular formula is C31H32BrF3N8O3. The average molecular weight is 702 g/mol. The molecule has 242 valence electrons. The van der Waals surface area contributed by atoms with Gasteiger partial charge in [0.05, 0.1) is 35.9 Å². The number of halogens is 4. The second-order valence-electron chi connectivity index (χ2n) is 12.0.